The lowest BCUT2D eigenvalue weighted by atomic mass is 10.0. The van der Waals surface area contributed by atoms with Crippen LogP contribution in [0.5, 0.6) is 5.75 Å². The fraction of sp³-hybridized carbons (Fsp3) is 0.0526. The number of para-hydroxylation sites is 1. The molecule has 0 bridgehead atoms. The van der Waals surface area contributed by atoms with Crippen molar-refractivity contribution in [1.29, 1.82) is 0 Å². The van der Waals surface area contributed by atoms with E-state index in [1.54, 1.807) is 19.1 Å². The number of rotatable bonds is 3. The Kier molecular flexibility index (Phi) is 3.78. The minimum atomic E-state index is -1.11. The number of carbonyl (C=O) groups is 2. The molecule has 0 radical (unpaired) electrons. The molecule has 27 heavy (non-hydrogen) atoms. The molecule has 7 nitrogen and oxygen atoms in total. The predicted molar refractivity (Wildman–Crippen MR) is 100 cm³/mol. The van der Waals surface area contributed by atoms with Gasteiger partial charge in [-0.2, -0.15) is 0 Å². The standard InChI is InChI=1S/C19H12N2O5S/c1-9-14-17(27-16(9)19(25)26)20-13-7-6-10(8-21(13)18(14)24)15(23)11-4-2-3-5-12(11)22/h2-8,22H,1H3,(H,25,26). The van der Waals surface area contributed by atoms with Crippen molar-refractivity contribution >= 4 is 39.0 Å². The molecule has 0 spiro atoms. The number of pyridine rings is 1. The van der Waals surface area contributed by atoms with E-state index in [1.165, 1.54) is 34.9 Å². The molecule has 1 aromatic carbocycles. The number of carboxylic acids is 1. The number of phenolic OH excluding ortho intramolecular Hbond substituents is 1. The quantitative estimate of drug-likeness (QED) is 0.529. The number of nitrogens with zero attached hydrogens (tertiary/aromatic N) is 2. The number of carbonyl (C=O) groups excluding carboxylic acids is 1. The second kappa shape index (κ2) is 6.03. The highest BCUT2D eigenvalue weighted by molar-refractivity contribution is 7.20. The number of thiophene rings is 1. The van der Waals surface area contributed by atoms with Crippen molar-refractivity contribution in [3.63, 3.8) is 0 Å². The SMILES string of the molecule is Cc1c(C(=O)O)sc2nc3ccc(C(=O)c4ccccc4O)cn3c(=O)c12. The van der Waals surface area contributed by atoms with Gasteiger partial charge in [0.25, 0.3) is 5.56 Å². The lowest BCUT2D eigenvalue weighted by Gasteiger charge is -2.06. The number of aryl methyl sites for hydroxylation is 1. The maximum atomic E-state index is 12.9. The van der Waals surface area contributed by atoms with Gasteiger partial charge in [0, 0.05) is 11.8 Å². The van der Waals surface area contributed by atoms with E-state index in [1.807, 2.05) is 0 Å². The maximum Gasteiger partial charge on any atom is 0.346 e. The van der Waals surface area contributed by atoms with Gasteiger partial charge in [-0.05, 0) is 36.8 Å². The first kappa shape index (κ1) is 16.9. The predicted octanol–water partition coefficient (Wildman–Crippen LogP) is 2.85. The molecule has 0 fully saturated rings. The smallest absolute Gasteiger partial charge is 0.346 e. The van der Waals surface area contributed by atoms with E-state index in [4.69, 9.17) is 0 Å². The van der Waals surface area contributed by atoms with Gasteiger partial charge in [-0.3, -0.25) is 14.0 Å². The van der Waals surface area contributed by atoms with Crippen LogP contribution >= 0.6 is 11.3 Å². The van der Waals surface area contributed by atoms with Gasteiger partial charge < -0.3 is 10.2 Å². The van der Waals surface area contributed by atoms with Crippen LogP contribution in [0.2, 0.25) is 0 Å². The zero-order valence-corrected chi connectivity index (χ0v) is 14.8. The first-order valence-electron chi connectivity index (χ1n) is 7.90. The summed E-state index contributed by atoms with van der Waals surface area (Å²) in [5, 5.41) is 19.4. The Morgan fingerprint density at radius 3 is 2.59 bits per heavy atom. The highest BCUT2D eigenvalue weighted by Crippen LogP contribution is 2.27. The third kappa shape index (κ3) is 2.58. The second-order valence-electron chi connectivity index (χ2n) is 5.95. The molecule has 0 saturated carbocycles. The van der Waals surface area contributed by atoms with Gasteiger partial charge in [-0.15, -0.1) is 11.3 Å². The molecule has 0 amide bonds. The average molecular weight is 380 g/mol. The van der Waals surface area contributed by atoms with Crippen molar-refractivity contribution in [2.24, 2.45) is 0 Å². The molecule has 0 saturated heterocycles. The summed E-state index contributed by atoms with van der Waals surface area (Å²) in [6.07, 6.45) is 1.36. The van der Waals surface area contributed by atoms with Crippen LogP contribution in [0, 0.1) is 6.92 Å². The number of carboxylic acid groups (broad SMARTS) is 1. The highest BCUT2D eigenvalue weighted by atomic mass is 32.1. The Hall–Kier alpha value is -3.52. The van der Waals surface area contributed by atoms with E-state index in [-0.39, 0.29) is 27.1 Å². The Labute approximate surface area is 155 Å². The molecule has 4 aromatic rings. The van der Waals surface area contributed by atoms with Gasteiger partial charge >= 0.3 is 5.97 Å². The molecule has 8 heteroatoms. The number of hydrogen-bond acceptors (Lipinski definition) is 6. The van der Waals surface area contributed by atoms with Gasteiger partial charge in [-0.1, -0.05) is 12.1 Å². The van der Waals surface area contributed by atoms with Gasteiger partial charge in [-0.25, -0.2) is 9.78 Å². The topological polar surface area (TPSA) is 109 Å². The third-order valence-electron chi connectivity index (χ3n) is 4.31. The Morgan fingerprint density at radius 1 is 1.15 bits per heavy atom. The molecule has 3 heterocycles. The lowest BCUT2D eigenvalue weighted by molar-refractivity contribution is 0.0701. The van der Waals surface area contributed by atoms with E-state index in [0.29, 0.717) is 16.0 Å². The van der Waals surface area contributed by atoms with Gasteiger partial charge in [0.15, 0.2) is 5.78 Å². The van der Waals surface area contributed by atoms with Crippen LogP contribution in [0.25, 0.3) is 15.9 Å². The van der Waals surface area contributed by atoms with Gasteiger partial charge in [0.1, 0.15) is 21.1 Å². The summed E-state index contributed by atoms with van der Waals surface area (Å²) in [5.41, 5.74) is 0.548. The van der Waals surface area contributed by atoms with Crippen LogP contribution in [0.3, 0.4) is 0 Å². The summed E-state index contributed by atoms with van der Waals surface area (Å²) in [4.78, 5) is 41.7. The molecule has 0 aliphatic carbocycles. The first-order chi connectivity index (χ1) is 12.9. The summed E-state index contributed by atoms with van der Waals surface area (Å²) < 4.78 is 1.22. The summed E-state index contributed by atoms with van der Waals surface area (Å²) in [6, 6.07) is 9.18. The van der Waals surface area contributed by atoms with E-state index in [0.717, 1.165) is 11.3 Å². The number of benzene rings is 1. The number of phenols is 1. The van der Waals surface area contributed by atoms with Crippen LogP contribution in [-0.4, -0.2) is 31.4 Å². The molecule has 4 rings (SSSR count). The zero-order chi connectivity index (χ0) is 19.3. The average Bonchev–Trinajstić information content (AvgIpc) is 2.98. The van der Waals surface area contributed by atoms with Gasteiger partial charge in [0.05, 0.1) is 10.9 Å². The normalized spacial score (nSPS) is 11.1. The number of hydrogen-bond donors (Lipinski definition) is 2. The fourth-order valence-corrected chi connectivity index (χ4v) is 3.98. The first-order valence-corrected chi connectivity index (χ1v) is 8.71. The second-order valence-corrected chi connectivity index (χ2v) is 6.95. The maximum absolute atomic E-state index is 12.9. The van der Waals surface area contributed by atoms with Crippen molar-refractivity contribution in [3.8, 4) is 5.75 Å². The van der Waals surface area contributed by atoms with Crippen molar-refractivity contribution in [2.75, 3.05) is 0 Å². The van der Waals surface area contributed by atoms with Crippen molar-refractivity contribution < 1.29 is 19.8 Å². The summed E-state index contributed by atoms with van der Waals surface area (Å²) >= 11 is 0.946. The summed E-state index contributed by atoms with van der Waals surface area (Å²) in [5.74, 6) is -1.70. The summed E-state index contributed by atoms with van der Waals surface area (Å²) in [6.45, 7) is 1.56. The number of aromatic hydroxyl groups is 1. The number of fused-ring (bicyclic) bond motifs is 2. The Bertz CT molecular complexity index is 1320. The van der Waals surface area contributed by atoms with Crippen molar-refractivity contribution in [3.05, 3.63) is 74.5 Å². The van der Waals surface area contributed by atoms with Crippen LogP contribution in [0.4, 0.5) is 0 Å². The Balaban J connectivity index is 1.96. The van der Waals surface area contributed by atoms with Crippen molar-refractivity contribution in [2.45, 2.75) is 6.92 Å². The summed E-state index contributed by atoms with van der Waals surface area (Å²) in [7, 11) is 0. The molecule has 3 aromatic heterocycles. The van der Waals surface area contributed by atoms with E-state index in [9.17, 15) is 24.6 Å². The van der Waals surface area contributed by atoms with Crippen molar-refractivity contribution in [1.82, 2.24) is 9.38 Å². The molecule has 0 unspecified atom stereocenters. The minimum absolute atomic E-state index is 0.0658. The zero-order valence-electron chi connectivity index (χ0n) is 14.0. The van der Waals surface area contributed by atoms with E-state index in [2.05, 4.69) is 4.98 Å². The number of ketones is 1. The fourth-order valence-electron chi connectivity index (χ4n) is 2.96. The monoisotopic (exact) mass is 380 g/mol. The van der Waals surface area contributed by atoms with E-state index < -0.39 is 17.3 Å². The molecule has 2 N–H and O–H groups in total. The van der Waals surface area contributed by atoms with Crippen LogP contribution in [-0.2, 0) is 0 Å². The largest absolute Gasteiger partial charge is 0.507 e. The molecule has 0 aliphatic rings. The molecular weight excluding hydrogens is 368 g/mol. The van der Waals surface area contributed by atoms with Gasteiger partial charge in [0.2, 0.25) is 0 Å². The third-order valence-corrected chi connectivity index (χ3v) is 5.48. The molecule has 0 aliphatic heterocycles. The molecule has 0 atom stereocenters. The minimum Gasteiger partial charge on any atom is -0.507 e. The molecule has 134 valence electrons. The van der Waals surface area contributed by atoms with E-state index >= 15 is 0 Å². The lowest BCUT2D eigenvalue weighted by Crippen LogP contribution is -2.16. The number of aromatic nitrogens is 2. The highest BCUT2D eigenvalue weighted by Gasteiger charge is 2.20. The van der Waals surface area contributed by atoms with Crippen LogP contribution < -0.4 is 5.56 Å². The van der Waals surface area contributed by atoms with Crippen LogP contribution in [0.1, 0.15) is 31.2 Å². The molecular formula is C19H12N2O5S. The number of aromatic carboxylic acids is 1. The Morgan fingerprint density at radius 2 is 1.89 bits per heavy atom. The van der Waals surface area contributed by atoms with Crippen LogP contribution in [0.15, 0.2) is 47.4 Å².